The molecule has 0 fully saturated rings. The Kier molecular flexibility index (Phi) is 6.01. The van der Waals surface area contributed by atoms with Gasteiger partial charge in [0, 0.05) is 7.05 Å². The van der Waals surface area contributed by atoms with Gasteiger partial charge in [0.25, 0.3) is 5.91 Å². The predicted molar refractivity (Wildman–Crippen MR) is 114 cm³/mol. The van der Waals surface area contributed by atoms with Gasteiger partial charge in [-0.2, -0.15) is 0 Å². The smallest absolute Gasteiger partial charge is 0.253 e. The first-order chi connectivity index (χ1) is 13.2. The van der Waals surface area contributed by atoms with Crippen molar-refractivity contribution in [2.45, 2.75) is 38.6 Å². The van der Waals surface area contributed by atoms with Gasteiger partial charge in [-0.25, -0.2) is 8.42 Å². The number of rotatable bonds is 5. The SMILES string of the molecule is C[C@H](NC(=O)c1ccc(N(C)S(C)(=O)=O)cc1Cl)c1ccc2c(c1)CCCC2. The molecule has 2 aromatic carbocycles. The van der Waals surface area contributed by atoms with E-state index in [9.17, 15) is 13.2 Å². The molecule has 0 aromatic heterocycles. The second kappa shape index (κ2) is 8.13. The Morgan fingerprint density at radius 2 is 1.79 bits per heavy atom. The second-order valence-corrected chi connectivity index (χ2v) is 9.75. The molecule has 28 heavy (non-hydrogen) atoms. The third-order valence-electron chi connectivity index (χ3n) is 5.28. The maximum Gasteiger partial charge on any atom is 0.253 e. The van der Waals surface area contributed by atoms with Crippen LogP contribution in [0.1, 0.15) is 52.9 Å². The summed E-state index contributed by atoms with van der Waals surface area (Å²) in [4.78, 5) is 12.7. The number of amides is 1. The number of hydrogen-bond acceptors (Lipinski definition) is 3. The number of benzene rings is 2. The lowest BCUT2D eigenvalue weighted by atomic mass is 9.89. The van der Waals surface area contributed by atoms with E-state index in [4.69, 9.17) is 11.6 Å². The largest absolute Gasteiger partial charge is 0.345 e. The lowest BCUT2D eigenvalue weighted by Crippen LogP contribution is -2.28. The van der Waals surface area contributed by atoms with Crippen LogP contribution in [0.15, 0.2) is 36.4 Å². The monoisotopic (exact) mass is 420 g/mol. The number of sulfonamides is 1. The summed E-state index contributed by atoms with van der Waals surface area (Å²) in [6.45, 7) is 1.95. The minimum Gasteiger partial charge on any atom is -0.345 e. The number of nitrogens with zero attached hydrogens (tertiary/aromatic N) is 1. The highest BCUT2D eigenvalue weighted by atomic mass is 35.5. The van der Waals surface area contributed by atoms with Gasteiger partial charge in [-0.15, -0.1) is 0 Å². The van der Waals surface area contributed by atoms with Gasteiger partial charge < -0.3 is 5.32 Å². The topological polar surface area (TPSA) is 66.5 Å². The quantitative estimate of drug-likeness (QED) is 0.791. The highest BCUT2D eigenvalue weighted by molar-refractivity contribution is 7.92. The first kappa shape index (κ1) is 20.7. The van der Waals surface area contributed by atoms with Crippen LogP contribution in [0.4, 0.5) is 5.69 Å². The molecule has 0 unspecified atom stereocenters. The van der Waals surface area contributed by atoms with Crippen LogP contribution in [0.2, 0.25) is 5.02 Å². The molecule has 1 N–H and O–H groups in total. The molecule has 5 nitrogen and oxygen atoms in total. The van der Waals surface area contributed by atoms with E-state index < -0.39 is 10.0 Å². The highest BCUT2D eigenvalue weighted by Gasteiger charge is 2.19. The molecular formula is C21H25ClN2O3S. The maximum atomic E-state index is 12.7. The summed E-state index contributed by atoms with van der Waals surface area (Å²) in [7, 11) is -1.95. The van der Waals surface area contributed by atoms with E-state index in [1.54, 1.807) is 12.1 Å². The van der Waals surface area contributed by atoms with Gasteiger partial charge in [0.1, 0.15) is 0 Å². The van der Waals surface area contributed by atoms with Crippen molar-refractivity contribution in [1.82, 2.24) is 5.32 Å². The van der Waals surface area contributed by atoms with Crippen molar-refractivity contribution in [3.63, 3.8) is 0 Å². The van der Waals surface area contributed by atoms with Crippen molar-refractivity contribution < 1.29 is 13.2 Å². The average molecular weight is 421 g/mol. The van der Waals surface area contributed by atoms with Crippen LogP contribution in [0.25, 0.3) is 0 Å². The number of fused-ring (bicyclic) bond motifs is 1. The molecule has 0 bridgehead atoms. The van der Waals surface area contributed by atoms with Gasteiger partial charge in [0.15, 0.2) is 0 Å². The first-order valence-electron chi connectivity index (χ1n) is 9.33. The molecule has 1 aliphatic rings. The summed E-state index contributed by atoms with van der Waals surface area (Å²) >= 11 is 6.26. The van der Waals surface area contributed by atoms with Crippen LogP contribution in [0.3, 0.4) is 0 Å². The van der Waals surface area contributed by atoms with Crippen molar-refractivity contribution in [2.24, 2.45) is 0 Å². The average Bonchev–Trinajstić information content (AvgIpc) is 2.66. The molecule has 1 amide bonds. The van der Waals surface area contributed by atoms with Crippen molar-refractivity contribution >= 4 is 33.2 Å². The molecule has 0 saturated carbocycles. The normalized spacial score (nSPS) is 14.9. The third-order valence-corrected chi connectivity index (χ3v) is 6.80. The summed E-state index contributed by atoms with van der Waals surface area (Å²) < 4.78 is 24.5. The maximum absolute atomic E-state index is 12.7. The van der Waals surface area contributed by atoms with Crippen molar-refractivity contribution in [3.8, 4) is 0 Å². The van der Waals surface area contributed by atoms with Gasteiger partial charge in [-0.1, -0.05) is 29.8 Å². The molecule has 3 rings (SSSR count). The number of carbonyl (C=O) groups is 1. The molecular weight excluding hydrogens is 396 g/mol. The van der Waals surface area contributed by atoms with E-state index in [1.807, 2.05) is 6.92 Å². The number of carbonyl (C=O) groups excluding carboxylic acids is 1. The minimum absolute atomic E-state index is 0.158. The highest BCUT2D eigenvalue weighted by Crippen LogP contribution is 2.27. The lowest BCUT2D eigenvalue weighted by molar-refractivity contribution is 0.0940. The van der Waals surface area contributed by atoms with Crippen molar-refractivity contribution in [1.29, 1.82) is 0 Å². The van der Waals surface area contributed by atoms with E-state index in [2.05, 4.69) is 23.5 Å². The number of anilines is 1. The van der Waals surface area contributed by atoms with Crippen molar-refractivity contribution in [2.75, 3.05) is 17.6 Å². The van der Waals surface area contributed by atoms with Crippen LogP contribution in [-0.2, 0) is 22.9 Å². The fourth-order valence-corrected chi connectivity index (χ4v) is 4.21. The third kappa shape index (κ3) is 4.50. The van der Waals surface area contributed by atoms with Gasteiger partial charge in [0.05, 0.1) is 28.6 Å². The predicted octanol–water partition coefficient (Wildman–Crippen LogP) is 4.11. The van der Waals surface area contributed by atoms with E-state index >= 15 is 0 Å². The first-order valence-corrected chi connectivity index (χ1v) is 11.6. The molecule has 0 heterocycles. The van der Waals surface area contributed by atoms with Crippen LogP contribution in [0.5, 0.6) is 0 Å². The zero-order valence-electron chi connectivity index (χ0n) is 16.3. The van der Waals surface area contributed by atoms with Gasteiger partial charge in [-0.05, 0) is 67.5 Å². The zero-order valence-corrected chi connectivity index (χ0v) is 17.9. The van der Waals surface area contributed by atoms with Crippen LogP contribution >= 0.6 is 11.6 Å². The molecule has 0 aliphatic heterocycles. The van der Waals surface area contributed by atoms with Gasteiger partial charge >= 0.3 is 0 Å². The molecule has 2 aromatic rings. The van der Waals surface area contributed by atoms with Crippen LogP contribution < -0.4 is 9.62 Å². The Hall–Kier alpha value is -2.05. The molecule has 1 aliphatic carbocycles. The Morgan fingerprint density at radius 3 is 2.43 bits per heavy atom. The molecule has 0 radical (unpaired) electrons. The van der Waals surface area contributed by atoms with Crippen LogP contribution in [-0.4, -0.2) is 27.6 Å². The van der Waals surface area contributed by atoms with E-state index in [-0.39, 0.29) is 17.0 Å². The molecule has 0 spiro atoms. The molecule has 7 heteroatoms. The Bertz CT molecular complexity index is 1000. The van der Waals surface area contributed by atoms with E-state index in [0.717, 1.165) is 29.0 Å². The van der Waals surface area contributed by atoms with E-state index in [0.29, 0.717) is 11.3 Å². The number of hydrogen-bond donors (Lipinski definition) is 1. The molecule has 1 atom stereocenters. The van der Waals surface area contributed by atoms with Crippen LogP contribution in [0, 0.1) is 0 Å². The van der Waals surface area contributed by atoms with Crippen molar-refractivity contribution in [3.05, 3.63) is 63.7 Å². The molecule has 150 valence electrons. The lowest BCUT2D eigenvalue weighted by Gasteiger charge is -2.21. The summed E-state index contributed by atoms with van der Waals surface area (Å²) in [6, 6.07) is 10.9. The van der Waals surface area contributed by atoms with Gasteiger partial charge in [0.2, 0.25) is 10.0 Å². The van der Waals surface area contributed by atoms with E-state index in [1.165, 1.54) is 37.1 Å². The second-order valence-electron chi connectivity index (χ2n) is 7.33. The summed E-state index contributed by atoms with van der Waals surface area (Å²) in [6.07, 6.45) is 5.77. The fraction of sp³-hybridized carbons (Fsp3) is 0.381. The fourth-order valence-electron chi connectivity index (χ4n) is 3.46. The Labute approximate surface area is 171 Å². The minimum atomic E-state index is -3.39. The zero-order chi connectivity index (χ0) is 20.5. The summed E-state index contributed by atoms with van der Waals surface area (Å²) in [5.74, 6) is -0.288. The molecule has 0 saturated heterocycles. The number of aryl methyl sites for hydroxylation is 2. The summed E-state index contributed by atoms with van der Waals surface area (Å²) in [5.41, 5.74) is 4.57. The van der Waals surface area contributed by atoms with Gasteiger partial charge in [-0.3, -0.25) is 9.10 Å². The Balaban J connectivity index is 1.75. The number of halogens is 1. The number of nitrogens with one attached hydrogen (secondary N) is 1. The Morgan fingerprint density at radius 1 is 1.11 bits per heavy atom. The standard InChI is InChI=1S/C21H25ClN2O3S/c1-14(16-9-8-15-6-4-5-7-17(15)12-16)23-21(25)19-11-10-18(13-20(19)22)24(2)28(3,26)27/h8-14H,4-7H2,1-3H3,(H,23,25)/t14-/m0/s1. The summed E-state index contributed by atoms with van der Waals surface area (Å²) in [5, 5.41) is 3.20.